The van der Waals surface area contributed by atoms with Crippen molar-refractivity contribution in [2.24, 2.45) is 0 Å². The molecule has 2 heterocycles. The molecule has 3 rings (SSSR count). The van der Waals surface area contributed by atoms with Crippen molar-refractivity contribution in [2.75, 3.05) is 10.7 Å². The van der Waals surface area contributed by atoms with E-state index >= 15 is 0 Å². The topological polar surface area (TPSA) is 127 Å². The molecule has 10 nitrogen and oxygen atoms in total. The van der Waals surface area contributed by atoms with Gasteiger partial charge in [-0.15, -0.1) is 9.09 Å². The molecule has 0 spiro atoms. The van der Waals surface area contributed by atoms with Crippen LogP contribution in [0.25, 0.3) is 22.2 Å². The second kappa shape index (κ2) is 7.48. The molecule has 160 valence electrons. The molecule has 0 aliphatic carbocycles. The number of carbonyl (C=O) groups excluding carboxylic acids is 1. The molecule has 2 aromatic heterocycles. The fraction of sp³-hybridized carbons (Fsp3) is 0.294. The molecular weight excluding hydrogens is 424 g/mol. The van der Waals surface area contributed by atoms with Crippen molar-refractivity contribution >= 4 is 26.8 Å². The standard InChI is InChI=1S/C17H17F2N5O5S/c1-4-22-14(5-6-20-22)10-7-12-13(8-11(10)15(18)19)21-17(27)23(16(12)26)24(9(2)25)30(3,28)29/h5-8,15H,4H2,1-3H3,(H,21,27). The van der Waals surface area contributed by atoms with E-state index in [9.17, 15) is 31.6 Å². The zero-order chi connectivity index (χ0) is 22.4. The third-order valence-corrected chi connectivity index (χ3v) is 5.39. The summed E-state index contributed by atoms with van der Waals surface area (Å²) in [5.41, 5.74) is -2.80. The fourth-order valence-electron chi connectivity index (χ4n) is 3.17. The molecule has 0 saturated heterocycles. The second-order valence-electron chi connectivity index (χ2n) is 6.39. The first-order valence-electron chi connectivity index (χ1n) is 8.61. The Labute approximate surface area is 168 Å². The highest BCUT2D eigenvalue weighted by Crippen LogP contribution is 2.33. The van der Waals surface area contributed by atoms with Gasteiger partial charge in [0.05, 0.1) is 22.9 Å². The van der Waals surface area contributed by atoms with E-state index in [-0.39, 0.29) is 25.6 Å². The van der Waals surface area contributed by atoms with Crippen molar-refractivity contribution in [1.82, 2.24) is 19.4 Å². The number of aromatic nitrogens is 4. The molecule has 13 heteroatoms. The van der Waals surface area contributed by atoms with E-state index in [0.29, 0.717) is 18.5 Å². The number of benzene rings is 1. The molecule has 0 aliphatic rings. The molecule has 0 saturated carbocycles. The number of rotatable bonds is 5. The van der Waals surface area contributed by atoms with Gasteiger partial charge in [-0.1, -0.05) is 0 Å². The van der Waals surface area contributed by atoms with Crippen LogP contribution in [0.5, 0.6) is 0 Å². The summed E-state index contributed by atoms with van der Waals surface area (Å²) < 4.78 is 53.0. The van der Waals surface area contributed by atoms with Gasteiger partial charge in [-0.3, -0.25) is 14.3 Å². The number of H-pyrrole nitrogens is 1. The summed E-state index contributed by atoms with van der Waals surface area (Å²) in [5.74, 6) is -1.10. The number of aromatic amines is 1. The maximum absolute atomic E-state index is 13.7. The van der Waals surface area contributed by atoms with Crippen molar-refractivity contribution < 1.29 is 22.0 Å². The minimum atomic E-state index is -4.32. The van der Waals surface area contributed by atoms with Crippen LogP contribution in [0.3, 0.4) is 0 Å². The molecule has 1 aromatic carbocycles. The molecule has 0 bridgehead atoms. The van der Waals surface area contributed by atoms with Gasteiger partial charge in [-0.05, 0) is 25.1 Å². The lowest BCUT2D eigenvalue weighted by molar-refractivity contribution is -0.116. The molecule has 3 aromatic rings. The number of fused-ring (bicyclic) bond motifs is 1. The second-order valence-corrected chi connectivity index (χ2v) is 8.20. The number of sulfonamides is 1. The third-order valence-electron chi connectivity index (χ3n) is 4.34. The zero-order valence-electron chi connectivity index (χ0n) is 16.1. The zero-order valence-corrected chi connectivity index (χ0v) is 16.9. The first-order valence-corrected chi connectivity index (χ1v) is 10.5. The van der Waals surface area contributed by atoms with E-state index in [2.05, 4.69) is 10.1 Å². The van der Waals surface area contributed by atoms with Crippen LogP contribution in [0.4, 0.5) is 8.78 Å². The van der Waals surface area contributed by atoms with E-state index in [1.807, 2.05) is 0 Å². The Kier molecular flexibility index (Phi) is 5.33. The fourth-order valence-corrected chi connectivity index (χ4v) is 4.09. The minimum absolute atomic E-state index is 0.0127. The Hall–Kier alpha value is -3.35. The number of halogens is 2. The number of hydrogen-bond acceptors (Lipinski definition) is 6. The SMILES string of the molecule is CCn1nccc1-c1cc2c(=O)n(N(C(C)=O)S(C)(=O)=O)c(=O)[nH]c2cc1C(F)F. The minimum Gasteiger partial charge on any atom is -0.305 e. The summed E-state index contributed by atoms with van der Waals surface area (Å²) in [6.07, 6.45) is -0.875. The molecular formula is C17H17F2N5O5S. The summed E-state index contributed by atoms with van der Waals surface area (Å²) in [7, 11) is -4.32. The lowest BCUT2D eigenvalue weighted by atomic mass is 10.0. The van der Waals surface area contributed by atoms with Crippen molar-refractivity contribution in [2.45, 2.75) is 26.8 Å². The van der Waals surface area contributed by atoms with Gasteiger partial charge in [0.25, 0.3) is 27.9 Å². The Balaban J connectivity index is 2.45. The summed E-state index contributed by atoms with van der Waals surface area (Å²) in [6, 6.07) is 3.56. The predicted molar refractivity (Wildman–Crippen MR) is 104 cm³/mol. The quantitative estimate of drug-likeness (QED) is 0.628. The maximum Gasteiger partial charge on any atom is 0.349 e. The van der Waals surface area contributed by atoms with Gasteiger partial charge >= 0.3 is 5.69 Å². The number of carbonyl (C=O) groups is 1. The van der Waals surface area contributed by atoms with Gasteiger partial charge < -0.3 is 4.98 Å². The Morgan fingerprint density at radius 3 is 2.50 bits per heavy atom. The maximum atomic E-state index is 13.7. The van der Waals surface area contributed by atoms with Crippen molar-refractivity contribution in [3.05, 3.63) is 50.8 Å². The van der Waals surface area contributed by atoms with Gasteiger partial charge in [0.1, 0.15) is 0 Å². The molecule has 0 radical (unpaired) electrons. The number of nitrogens with zero attached hydrogens (tertiary/aromatic N) is 4. The highest BCUT2D eigenvalue weighted by molar-refractivity contribution is 7.92. The number of amides is 1. The Morgan fingerprint density at radius 1 is 1.30 bits per heavy atom. The van der Waals surface area contributed by atoms with Crippen LogP contribution in [0, 0.1) is 0 Å². The van der Waals surface area contributed by atoms with Crippen LogP contribution in [0.2, 0.25) is 0 Å². The van der Waals surface area contributed by atoms with E-state index in [0.717, 1.165) is 19.1 Å². The normalized spacial score (nSPS) is 11.9. The van der Waals surface area contributed by atoms with Crippen molar-refractivity contribution in [3.63, 3.8) is 0 Å². The molecule has 1 amide bonds. The van der Waals surface area contributed by atoms with Gasteiger partial charge in [-0.2, -0.15) is 5.10 Å². The van der Waals surface area contributed by atoms with E-state index in [4.69, 9.17) is 0 Å². The van der Waals surface area contributed by atoms with E-state index in [1.165, 1.54) is 16.9 Å². The van der Waals surface area contributed by atoms with Gasteiger partial charge in [0, 0.05) is 30.8 Å². The lowest BCUT2D eigenvalue weighted by Crippen LogP contribution is -2.55. The Morgan fingerprint density at radius 2 is 1.97 bits per heavy atom. The molecule has 0 fully saturated rings. The van der Waals surface area contributed by atoms with Crippen molar-refractivity contribution in [3.8, 4) is 11.3 Å². The van der Waals surface area contributed by atoms with Crippen LogP contribution < -0.4 is 15.7 Å². The first-order chi connectivity index (χ1) is 14.0. The smallest absolute Gasteiger partial charge is 0.305 e. The average molecular weight is 441 g/mol. The third kappa shape index (κ3) is 3.51. The van der Waals surface area contributed by atoms with Crippen LogP contribution in [-0.4, -0.2) is 40.0 Å². The summed E-state index contributed by atoms with van der Waals surface area (Å²) >= 11 is 0. The van der Waals surface area contributed by atoms with E-state index in [1.54, 1.807) is 6.92 Å². The molecule has 0 atom stereocenters. The first kappa shape index (κ1) is 21.4. The van der Waals surface area contributed by atoms with Crippen LogP contribution >= 0.6 is 0 Å². The number of nitrogens with one attached hydrogen (secondary N) is 1. The summed E-state index contributed by atoms with van der Waals surface area (Å²) in [5, 5.41) is 3.77. The number of hydrogen-bond donors (Lipinski definition) is 1. The largest absolute Gasteiger partial charge is 0.349 e. The van der Waals surface area contributed by atoms with Gasteiger partial charge in [0.15, 0.2) is 0 Å². The van der Waals surface area contributed by atoms with Crippen LogP contribution in [-0.2, 0) is 21.4 Å². The molecule has 0 aliphatic heterocycles. The predicted octanol–water partition coefficient (Wildman–Crippen LogP) is 0.955. The monoisotopic (exact) mass is 441 g/mol. The van der Waals surface area contributed by atoms with Gasteiger partial charge in [0.2, 0.25) is 0 Å². The van der Waals surface area contributed by atoms with E-state index < -0.39 is 39.2 Å². The highest BCUT2D eigenvalue weighted by atomic mass is 32.2. The van der Waals surface area contributed by atoms with Crippen LogP contribution in [0.1, 0.15) is 25.8 Å². The van der Waals surface area contributed by atoms with Gasteiger partial charge in [-0.25, -0.2) is 22.0 Å². The average Bonchev–Trinajstić information content (AvgIpc) is 3.11. The number of alkyl halides is 2. The molecule has 0 unspecified atom stereocenters. The Bertz CT molecular complexity index is 1370. The summed E-state index contributed by atoms with van der Waals surface area (Å²) in [6.45, 7) is 2.98. The number of aryl methyl sites for hydroxylation is 1. The summed E-state index contributed by atoms with van der Waals surface area (Å²) in [4.78, 5) is 39.4. The lowest BCUT2D eigenvalue weighted by Gasteiger charge is -2.20. The highest BCUT2D eigenvalue weighted by Gasteiger charge is 2.27. The molecule has 30 heavy (non-hydrogen) atoms. The van der Waals surface area contributed by atoms with Crippen LogP contribution in [0.15, 0.2) is 34.0 Å². The molecule has 1 N–H and O–H groups in total. The van der Waals surface area contributed by atoms with Crippen molar-refractivity contribution in [1.29, 1.82) is 0 Å².